The Morgan fingerprint density at radius 1 is 1.26 bits per heavy atom. The predicted octanol–water partition coefficient (Wildman–Crippen LogP) is 2.72. The van der Waals surface area contributed by atoms with Crippen molar-refractivity contribution in [3.8, 4) is 22.9 Å². The lowest BCUT2D eigenvalue weighted by molar-refractivity contribution is -0.177. The number of halogens is 3. The Morgan fingerprint density at radius 3 is 2.86 bits per heavy atom. The molecule has 1 amide bonds. The molecule has 0 unspecified atom stereocenters. The Kier molecular flexibility index (Phi) is 6.05. The molecule has 12 heteroatoms. The average molecular weight is 489 g/mol. The molecule has 2 aliphatic heterocycles. The highest BCUT2D eigenvalue weighted by Crippen LogP contribution is 2.30. The second kappa shape index (κ2) is 9.17. The van der Waals surface area contributed by atoms with Crippen molar-refractivity contribution >= 4 is 5.91 Å². The van der Waals surface area contributed by atoms with E-state index >= 15 is 0 Å². The number of nitrogens with one attached hydrogen (secondary N) is 1. The van der Waals surface area contributed by atoms with Crippen LogP contribution >= 0.6 is 0 Å². The van der Waals surface area contributed by atoms with Gasteiger partial charge in [-0.05, 0) is 37.1 Å². The molecule has 0 radical (unpaired) electrons. The first-order valence-electron chi connectivity index (χ1n) is 11.0. The van der Waals surface area contributed by atoms with Crippen LogP contribution in [0.5, 0.6) is 11.6 Å². The van der Waals surface area contributed by atoms with E-state index in [1.165, 1.54) is 10.7 Å². The summed E-state index contributed by atoms with van der Waals surface area (Å²) >= 11 is 0. The number of carbonyl (C=O) groups excluding carboxylic acids is 1. The van der Waals surface area contributed by atoms with Crippen LogP contribution in [-0.4, -0.2) is 63.8 Å². The van der Waals surface area contributed by atoms with Crippen LogP contribution in [0.2, 0.25) is 0 Å². The normalized spacial score (nSPS) is 18.9. The molecule has 0 spiro atoms. The third kappa shape index (κ3) is 5.37. The van der Waals surface area contributed by atoms with E-state index in [1.54, 1.807) is 12.4 Å². The number of fused-ring (bicyclic) bond motifs is 2. The fourth-order valence-corrected chi connectivity index (χ4v) is 3.98. The quantitative estimate of drug-likeness (QED) is 0.568. The highest BCUT2D eigenvalue weighted by Gasteiger charge is 2.31. The van der Waals surface area contributed by atoms with Crippen molar-refractivity contribution in [2.45, 2.75) is 38.2 Å². The number of alkyl halides is 3. The lowest BCUT2D eigenvalue weighted by Crippen LogP contribution is -2.43. The van der Waals surface area contributed by atoms with Crippen LogP contribution in [0.4, 0.5) is 13.2 Å². The second-order valence-electron chi connectivity index (χ2n) is 8.47. The van der Waals surface area contributed by atoms with Crippen LogP contribution in [0.3, 0.4) is 0 Å². The number of aryl methyl sites for hydroxylation is 1. The van der Waals surface area contributed by atoms with Gasteiger partial charge in [-0.15, -0.1) is 0 Å². The number of rotatable bonds is 6. The van der Waals surface area contributed by atoms with E-state index in [4.69, 9.17) is 9.47 Å². The van der Waals surface area contributed by atoms with Gasteiger partial charge in [0.2, 0.25) is 5.88 Å². The van der Waals surface area contributed by atoms with Crippen molar-refractivity contribution in [1.29, 1.82) is 0 Å². The van der Waals surface area contributed by atoms with Gasteiger partial charge in [-0.1, -0.05) is 0 Å². The van der Waals surface area contributed by atoms with Gasteiger partial charge >= 0.3 is 6.18 Å². The fourth-order valence-electron chi connectivity index (χ4n) is 3.98. The smallest absolute Gasteiger partial charge is 0.411 e. The first-order chi connectivity index (χ1) is 16.7. The predicted molar refractivity (Wildman–Crippen MR) is 116 cm³/mol. The zero-order valence-electron chi connectivity index (χ0n) is 18.7. The largest absolute Gasteiger partial charge is 0.491 e. The van der Waals surface area contributed by atoms with Crippen LogP contribution < -0.4 is 14.8 Å². The van der Waals surface area contributed by atoms with Crippen LogP contribution in [0.1, 0.15) is 21.7 Å². The molecule has 5 rings (SSSR count). The van der Waals surface area contributed by atoms with E-state index in [0.717, 1.165) is 28.3 Å². The number of ether oxygens (including phenoxy) is 3. The number of hydrogen-bond acceptors (Lipinski definition) is 7. The monoisotopic (exact) mass is 489 g/mol. The fraction of sp³-hybridized carbons (Fsp3) is 0.391. The molecule has 35 heavy (non-hydrogen) atoms. The summed E-state index contributed by atoms with van der Waals surface area (Å²) < 4.78 is 54.1. The molecule has 1 aromatic carbocycles. The van der Waals surface area contributed by atoms with Gasteiger partial charge in [0, 0.05) is 17.8 Å². The number of aromatic nitrogens is 4. The molecular weight excluding hydrogens is 467 g/mol. The number of benzene rings is 1. The summed E-state index contributed by atoms with van der Waals surface area (Å²) in [6.45, 7) is 0.821. The summed E-state index contributed by atoms with van der Waals surface area (Å²) in [4.78, 5) is 21.4. The summed E-state index contributed by atoms with van der Waals surface area (Å²) in [5.74, 6) is 0.676. The Labute approximate surface area is 198 Å². The van der Waals surface area contributed by atoms with Crippen LogP contribution in [0, 0.1) is 6.92 Å². The standard InChI is InChI=1S/C23H22F3N5O4/c1-13-7-28-19(8-27-13)14-2-3-20-15(4-14)5-16(10-34-20)29-22(32)18-6-21-31(30-18)9-17(35-21)11-33-12-23(24,25)26/h2-4,6-8,16-17H,5,9-12H2,1H3,(H,29,32)/t16-,17-/m1/s1. The van der Waals surface area contributed by atoms with Gasteiger partial charge in [0.1, 0.15) is 25.1 Å². The highest BCUT2D eigenvalue weighted by molar-refractivity contribution is 5.92. The zero-order valence-corrected chi connectivity index (χ0v) is 18.7. The molecule has 4 heterocycles. The third-order valence-electron chi connectivity index (χ3n) is 5.59. The molecule has 0 saturated carbocycles. The van der Waals surface area contributed by atoms with Gasteiger partial charge in [0.25, 0.3) is 5.91 Å². The Hall–Kier alpha value is -3.67. The molecule has 0 bridgehead atoms. The first kappa shape index (κ1) is 23.1. The minimum atomic E-state index is -4.39. The van der Waals surface area contributed by atoms with Crippen molar-refractivity contribution < 1.29 is 32.2 Å². The van der Waals surface area contributed by atoms with Crippen molar-refractivity contribution in [2.24, 2.45) is 0 Å². The van der Waals surface area contributed by atoms with Gasteiger partial charge in [-0.2, -0.15) is 18.3 Å². The lowest BCUT2D eigenvalue weighted by Gasteiger charge is -2.26. The van der Waals surface area contributed by atoms with Crippen LogP contribution in [-0.2, 0) is 17.7 Å². The minimum absolute atomic E-state index is 0.157. The van der Waals surface area contributed by atoms with E-state index in [1.807, 2.05) is 25.1 Å². The van der Waals surface area contributed by atoms with Gasteiger partial charge in [-0.3, -0.25) is 14.8 Å². The molecular formula is C23H22F3N5O4. The van der Waals surface area contributed by atoms with Crippen molar-refractivity contribution in [1.82, 2.24) is 25.1 Å². The SMILES string of the molecule is Cc1cnc(-c2ccc3c(c2)C[C@@H](NC(=O)c2cc4n(n2)C[C@H](COCC(F)(F)F)O4)CO3)cn1. The van der Waals surface area contributed by atoms with E-state index in [-0.39, 0.29) is 24.9 Å². The average Bonchev–Trinajstić information content (AvgIpc) is 3.37. The Bertz CT molecular complexity index is 1210. The number of nitrogens with zero attached hydrogens (tertiary/aromatic N) is 4. The summed E-state index contributed by atoms with van der Waals surface area (Å²) in [6, 6.07) is 6.98. The Balaban J connectivity index is 1.18. The number of carbonyl (C=O) groups is 1. The van der Waals surface area contributed by atoms with E-state index in [2.05, 4.69) is 25.1 Å². The summed E-state index contributed by atoms with van der Waals surface area (Å²) in [5, 5.41) is 7.13. The summed E-state index contributed by atoms with van der Waals surface area (Å²) in [6.07, 6.45) is -0.994. The van der Waals surface area contributed by atoms with Crippen molar-refractivity contribution in [3.05, 3.63) is 53.6 Å². The second-order valence-corrected chi connectivity index (χ2v) is 8.47. The molecule has 0 aliphatic carbocycles. The summed E-state index contributed by atoms with van der Waals surface area (Å²) in [7, 11) is 0. The van der Waals surface area contributed by atoms with Gasteiger partial charge in [-0.25, -0.2) is 4.68 Å². The first-order valence-corrected chi connectivity index (χ1v) is 11.0. The topological polar surface area (TPSA) is 100 Å². The van der Waals surface area contributed by atoms with Gasteiger partial charge < -0.3 is 19.5 Å². The maximum absolute atomic E-state index is 12.7. The highest BCUT2D eigenvalue weighted by atomic mass is 19.4. The van der Waals surface area contributed by atoms with E-state index in [9.17, 15) is 18.0 Å². The number of amides is 1. The van der Waals surface area contributed by atoms with Crippen LogP contribution in [0.15, 0.2) is 36.7 Å². The van der Waals surface area contributed by atoms with E-state index in [0.29, 0.717) is 18.9 Å². The molecule has 0 saturated heterocycles. The van der Waals surface area contributed by atoms with E-state index < -0.39 is 24.8 Å². The Morgan fingerprint density at radius 2 is 2.11 bits per heavy atom. The zero-order chi connectivity index (χ0) is 24.6. The van der Waals surface area contributed by atoms with Gasteiger partial charge in [0.05, 0.1) is 36.8 Å². The molecule has 1 N–H and O–H groups in total. The van der Waals surface area contributed by atoms with Crippen molar-refractivity contribution in [3.63, 3.8) is 0 Å². The molecule has 184 valence electrons. The van der Waals surface area contributed by atoms with Crippen molar-refractivity contribution in [2.75, 3.05) is 19.8 Å². The van der Waals surface area contributed by atoms with Crippen LogP contribution in [0.25, 0.3) is 11.3 Å². The lowest BCUT2D eigenvalue weighted by atomic mass is 9.99. The van der Waals surface area contributed by atoms with Gasteiger partial charge in [0.15, 0.2) is 5.69 Å². The number of hydrogen-bond donors (Lipinski definition) is 1. The molecule has 9 nitrogen and oxygen atoms in total. The summed E-state index contributed by atoms with van der Waals surface area (Å²) in [5.41, 5.74) is 3.59. The maximum Gasteiger partial charge on any atom is 0.411 e. The minimum Gasteiger partial charge on any atom is -0.491 e. The molecule has 2 aliphatic rings. The maximum atomic E-state index is 12.7. The third-order valence-corrected chi connectivity index (χ3v) is 5.59. The molecule has 2 aromatic heterocycles. The molecule has 2 atom stereocenters. The molecule has 3 aromatic rings. The molecule has 0 fully saturated rings.